The van der Waals surface area contributed by atoms with Crippen molar-refractivity contribution < 1.29 is 0 Å². The standard InChI is InChI=1S/C23H32N8.HI/c1-4-17-15-31(13-10-19(17)18-8-6-5-7-9-18)23(24-2)26-12-11-25-21-20-14-29-30(3)22(20)28-16-27-21;/h5-9,14,16-17,19H,4,10-13,15H2,1-3H3,(H,24,26)(H,25,27,28);1H. The molecule has 2 unspecified atom stereocenters. The minimum Gasteiger partial charge on any atom is -0.368 e. The number of piperidine rings is 1. The molecule has 8 nitrogen and oxygen atoms in total. The number of hydrogen-bond acceptors (Lipinski definition) is 5. The normalized spacial score (nSPS) is 19.0. The van der Waals surface area contributed by atoms with Gasteiger partial charge in [0.15, 0.2) is 11.6 Å². The Bertz CT molecular complexity index is 1020. The van der Waals surface area contributed by atoms with Crippen LogP contribution < -0.4 is 10.6 Å². The molecule has 3 aromatic rings. The number of nitrogens with one attached hydrogen (secondary N) is 2. The number of aromatic nitrogens is 4. The van der Waals surface area contributed by atoms with E-state index in [0.29, 0.717) is 11.8 Å². The lowest BCUT2D eigenvalue weighted by molar-refractivity contribution is 0.216. The summed E-state index contributed by atoms with van der Waals surface area (Å²) in [7, 11) is 3.75. The number of fused-ring (bicyclic) bond motifs is 1. The zero-order valence-electron chi connectivity index (χ0n) is 19.0. The molecule has 1 saturated heterocycles. The average Bonchev–Trinajstić information content (AvgIpc) is 3.21. The van der Waals surface area contributed by atoms with E-state index in [-0.39, 0.29) is 24.0 Å². The minimum absolute atomic E-state index is 0. The van der Waals surface area contributed by atoms with Gasteiger partial charge < -0.3 is 15.5 Å². The highest BCUT2D eigenvalue weighted by atomic mass is 127. The van der Waals surface area contributed by atoms with Crippen LogP contribution in [-0.2, 0) is 7.05 Å². The van der Waals surface area contributed by atoms with Gasteiger partial charge in [0.2, 0.25) is 0 Å². The molecular formula is C23H33IN8. The van der Waals surface area contributed by atoms with E-state index in [2.05, 4.69) is 72.8 Å². The van der Waals surface area contributed by atoms with E-state index < -0.39 is 0 Å². The summed E-state index contributed by atoms with van der Waals surface area (Å²) in [6, 6.07) is 10.9. The van der Waals surface area contributed by atoms with Crippen molar-refractivity contribution >= 4 is 46.8 Å². The Labute approximate surface area is 206 Å². The number of aliphatic imine (C=N–C) groups is 1. The van der Waals surface area contributed by atoms with Gasteiger partial charge in [-0.1, -0.05) is 43.7 Å². The van der Waals surface area contributed by atoms with Crippen molar-refractivity contribution in [3.05, 3.63) is 48.4 Å². The first kappa shape index (κ1) is 24.2. The molecule has 32 heavy (non-hydrogen) atoms. The lowest BCUT2D eigenvalue weighted by Gasteiger charge is -2.40. The second-order valence-electron chi connectivity index (χ2n) is 8.05. The number of nitrogens with zero attached hydrogens (tertiary/aromatic N) is 6. The summed E-state index contributed by atoms with van der Waals surface area (Å²) in [4.78, 5) is 15.6. The van der Waals surface area contributed by atoms with Gasteiger partial charge in [0.1, 0.15) is 12.1 Å². The Hall–Kier alpha value is -2.43. The first-order valence-electron chi connectivity index (χ1n) is 11.1. The number of benzene rings is 1. The van der Waals surface area contributed by atoms with E-state index in [1.165, 1.54) is 12.0 Å². The molecule has 9 heteroatoms. The lowest BCUT2D eigenvalue weighted by atomic mass is 9.79. The SMILES string of the molecule is CCC1CN(C(=NC)NCCNc2ncnc3c2cnn3C)CCC1c1ccccc1.I. The molecule has 0 bridgehead atoms. The summed E-state index contributed by atoms with van der Waals surface area (Å²) >= 11 is 0. The maximum absolute atomic E-state index is 4.54. The predicted molar refractivity (Wildman–Crippen MR) is 141 cm³/mol. The van der Waals surface area contributed by atoms with Gasteiger partial charge in [-0.05, 0) is 23.8 Å². The quantitative estimate of drug-likeness (QED) is 0.213. The van der Waals surface area contributed by atoms with E-state index in [4.69, 9.17) is 0 Å². The first-order valence-corrected chi connectivity index (χ1v) is 11.1. The van der Waals surface area contributed by atoms with Crippen molar-refractivity contribution in [3.63, 3.8) is 0 Å². The predicted octanol–water partition coefficient (Wildman–Crippen LogP) is 3.48. The van der Waals surface area contributed by atoms with Crippen molar-refractivity contribution in [1.82, 2.24) is 30.0 Å². The Balaban J connectivity index is 0.00000289. The summed E-state index contributed by atoms with van der Waals surface area (Å²) in [5, 5.41) is 12.1. The van der Waals surface area contributed by atoms with Gasteiger partial charge >= 0.3 is 0 Å². The third-order valence-electron chi connectivity index (χ3n) is 6.23. The van der Waals surface area contributed by atoms with Crippen molar-refractivity contribution in [2.24, 2.45) is 18.0 Å². The van der Waals surface area contributed by atoms with Crippen LogP contribution in [0.4, 0.5) is 5.82 Å². The molecule has 0 spiro atoms. The maximum atomic E-state index is 4.54. The van der Waals surface area contributed by atoms with Crippen molar-refractivity contribution in [1.29, 1.82) is 0 Å². The Morgan fingerprint density at radius 1 is 1.19 bits per heavy atom. The molecule has 1 fully saturated rings. The van der Waals surface area contributed by atoms with E-state index in [1.807, 2.05) is 14.1 Å². The van der Waals surface area contributed by atoms with E-state index in [1.54, 1.807) is 17.2 Å². The topological polar surface area (TPSA) is 83.3 Å². The van der Waals surface area contributed by atoms with Crippen molar-refractivity contribution in [3.8, 4) is 0 Å². The van der Waals surface area contributed by atoms with Gasteiger partial charge in [0.05, 0.1) is 11.6 Å². The fraction of sp³-hybridized carbons (Fsp3) is 0.478. The molecule has 2 aromatic heterocycles. The Morgan fingerprint density at radius 3 is 2.75 bits per heavy atom. The lowest BCUT2D eigenvalue weighted by Crippen LogP contribution is -2.49. The summed E-state index contributed by atoms with van der Waals surface area (Å²) in [6.45, 7) is 5.84. The van der Waals surface area contributed by atoms with Gasteiger partial charge in [0, 0.05) is 40.3 Å². The first-order chi connectivity index (χ1) is 15.2. The molecule has 0 radical (unpaired) electrons. The smallest absolute Gasteiger partial charge is 0.193 e. The largest absolute Gasteiger partial charge is 0.368 e. The van der Waals surface area contributed by atoms with Crippen molar-refractivity contribution in [2.75, 3.05) is 38.5 Å². The number of likely N-dealkylation sites (tertiary alicyclic amines) is 1. The molecular weight excluding hydrogens is 515 g/mol. The number of rotatable bonds is 6. The molecule has 0 saturated carbocycles. The maximum Gasteiger partial charge on any atom is 0.193 e. The molecule has 172 valence electrons. The second kappa shape index (κ2) is 11.4. The summed E-state index contributed by atoms with van der Waals surface area (Å²) in [6.07, 6.45) is 5.69. The highest BCUT2D eigenvalue weighted by Gasteiger charge is 2.30. The molecule has 1 aliphatic rings. The van der Waals surface area contributed by atoms with Crippen LogP contribution in [0.3, 0.4) is 0 Å². The highest BCUT2D eigenvalue weighted by molar-refractivity contribution is 14.0. The molecule has 2 N–H and O–H groups in total. The zero-order valence-corrected chi connectivity index (χ0v) is 21.4. The van der Waals surface area contributed by atoms with Gasteiger partial charge in [-0.2, -0.15) is 5.10 Å². The van der Waals surface area contributed by atoms with Crippen LogP contribution in [0.1, 0.15) is 31.2 Å². The van der Waals surface area contributed by atoms with Crippen LogP contribution in [0.15, 0.2) is 47.8 Å². The van der Waals surface area contributed by atoms with E-state index in [0.717, 1.165) is 55.4 Å². The molecule has 1 aliphatic heterocycles. The molecule has 2 atom stereocenters. The summed E-state index contributed by atoms with van der Waals surface area (Å²) in [5.41, 5.74) is 2.29. The Morgan fingerprint density at radius 2 is 2.00 bits per heavy atom. The van der Waals surface area contributed by atoms with Crippen molar-refractivity contribution in [2.45, 2.75) is 25.7 Å². The van der Waals surface area contributed by atoms with Crippen LogP contribution in [0.5, 0.6) is 0 Å². The van der Waals surface area contributed by atoms with Gasteiger partial charge in [-0.25, -0.2) is 9.97 Å². The van der Waals surface area contributed by atoms with Crippen LogP contribution in [-0.4, -0.2) is 63.8 Å². The molecule has 3 heterocycles. The zero-order chi connectivity index (χ0) is 21.6. The number of hydrogen-bond donors (Lipinski definition) is 2. The second-order valence-corrected chi connectivity index (χ2v) is 8.05. The number of halogens is 1. The third kappa shape index (κ3) is 5.31. The molecule has 4 rings (SSSR count). The van der Waals surface area contributed by atoms with E-state index in [9.17, 15) is 0 Å². The fourth-order valence-corrected chi connectivity index (χ4v) is 4.57. The highest BCUT2D eigenvalue weighted by Crippen LogP contribution is 2.34. The Kier molecular flexibility index (Phi) is 8.66. The van der Waals surface area contributed by atoms with E-state index >= 15 is 0 Å². The number of aryl methyl sites for hydroxylation is 1. The van der Waals surface area contributed by atoms with Crippen LogP contribution in [0.2, 0.25) is 0 Å². The number of anilines is 1. The van der Waals surface area contributed by atoms with Gasteiger partial charge in [0.25, 0.3) is 0 Å². The molecule has 1 aromatic carbocycles. The van der Waals surface area contributed by atoms with Gasteiger partial charge in [-0.15, -0.1) is 24.0 Å². The third-order valence-corrected chi connectivity index (χ3v) is 6.23. The molecule has 0 aliphatic carbocycles. The van der Waals surface area contributed by atoms with Crippen LogP contribution in [0, 0.1) is 5.92 Å². The van der Waals surface area contributed by atoms with Crippen LogP contribution in [0.25, 0.3) is 11.0 Å². The number of guanidine groups is 1. The minimum atomic E-state index is 0. The fourth-order valence-electron chi connectivity index (χ4n) is 4.57. The molecule has 0 amide bonds. The summed E-state index contributed by atoms with van der Waals surface area (Å²) < 4.78 is 1.76. The van der Waals surface area contributed by atoms with Gasteiger partial charge in [-0.3, -0.25) is 9.67 Å². The monoisotopic (exact) mass is 548 g/mol. The average molecular weight is 548 g/mol. The van der Waals surface area contributed by atoms with Crippen LogP contribution >= 0.6 is 24.0 Å². The summed E-state index contributed by atoms with van der Waals surface area (Å²) in [5.74, 6) is 3.04.